The van der Waals surface area contributed by atoms with Crippen LogP contribution in [0.2, 0.25) is 0 Å². The van der Waals surface area contributed by atoms with Crippen LogP contribution in [0.15, 0.2) is 35.1 Å². The van der Waals surface area contributed by atoms with Crippen LogP contribution in [0.25, 0.3) is 0 Å². The SMILES string of the molecule is CCCCn1nc(C(=O)NC(C)c2ccc3c(c2)OCCO3)ccc1=O. The summed E-state index contributed by atoms with van der Waals surface area (Å²) >= 11 is 0. The van der Waals surface area contributed by atoms with Crippen molar-refractivity contribution in [2.24, 2.45) is 0 Å². The number of fused-ring (bicyclic) bond motifs is 1. The highest BCUT2D eigenvalue weighted by Gasteiger charge is 2.17. The molecule has 1 unspecified atom stereocenters. The number of nitrogens with zero attached hydrogens (tertiary/aromatic N) is 2. The van der Waals surface area contributed by atoms with Gasteiger partial charge < -0.3 is 14.8 Å². The summed E-state index contributed by atoms with van der Waals surface area (Å²) in [4.78, 5) is 24.3. The number of rotatable bonds is 6. The number of aryl methyl sites for hydroxylation is 1. The Kier molecular flexibility index (Phi) is 5.55. The van der Waals surface area contributed by atoms with Crippen molar-refractivity contribution < 1.29 is 14.3 Å². The van der Waals surface area contributed by atoms with E-state index in [0.717, 1.165) is 18.4 Å². The van der Waals surface area contributed by atoms with Crippen molar-refractivity contribution in [1.29, 1.82) is 0 Å². The molecular formula is C19H23N3O4. The minimum atomic E-state index is -0.322. The van der Waals surface area contributed by atoms with Gasteiger partial charge in [0.05, 0.1) is 6.04 Å². The first-order valence-corrected chi connectivity index (χ1v) is 8.87. The van der Waals surface area contributed by atoms with E-state index < -0.39 is 0 Å². The highest BCUT2D eigenvalue weighted by molar-refractivity contribution is 5.92. The lowest BCUT2D eigenvalue weighted by atomic mass is 10.1. The Labute approximate surface area is 151 Å². The van der Waals surface area contributed by atoms with Gasteiger partial charge in [-0.05, 0) is 37.1 Å². The van der Waals surface area contributed by atoms with E-state index in [9.17, 15) is 9.59 Å². The van der Waals surface area contributed by atoms with Gasteiger partial charge in [-0.25, -0.2) is 4.68 Å². The van der Waals surface area contributed by atoms with Gasteiger partial charge >= 0.3 is 0 Å². The molecule has 0 saturated carbocycles. The average Bonchev–Trinajstić information content (AvgIpc) is 2.66. The van der Waals surface area contributed by atoms with Crippen molar-refractivity contribution in [2.75, 3.05) is 13.2 Å². The number of carbonyl (C=O) groups is 1. The van der Waals surface area contributed by atoms with E-state index in [4.69, 9.17) is 9.47 Å². The minimum Gasteiger partial charge on any atom is -0.486 e. The molecule has 0 radical (unpaired) electrons. The summed E-state index contributed by atoms with van der Waals surface area (Å²) < 4.78 is 12.4. The molecule has 1 atom stereocenters. The van der Waals surface area contributed by atoms with Gasteiger partial charge in [0.1, 0.15) is 18.9 Å². The smallest absolute Gasteiger partial charge is 0.272 e. The second kappa shape index (κ2) is 8.03. The van der Waals surface area contributed by atoms with E-state index in [1.54, 1.807) is 0 Å². The third-order valence-corrected chi connectivity index (χ3v) is 4.24. The molecule has 138 valence electrons. The van der Waals surface area contributed by atoms with E-state index in [2.05, 4.69) is 10.4 Å². The van der Waals surface area contributed by atoms with Crippen LogP contribution in [0.4, 0.5) is 0 Å². The molecule has 0 bridgehead atoms. The van der Waals surface area contributed by atoms with E-state index in [0.29, 0.717) is 31.3 Å². The fourth-order valence-corrected chi connectivity index (χ4v) is 2.72. The zero-order valence-electron chi connectivity index (χ0n) is 15.0. The summed E-state index contributed by atoms with van der Waals surface area (Å²) in [6.07, 6.45) is 1.79. The number of hydrogen-bond acceptors (Lipinski definition) is 5. The van der Waals surface area contributed by atoms with Crippen molar-refractivity contribution >= 4 is 5.91 Å². The van der Waals surface area contributed by atoms with Crippen molar-refractivity contribution in [3.8, 4) is 11.5 Å². The van der Waals surface area contributed by atoms with Gasteiger partial charge in [-0.1, -0.05) is 19.4 Å². The summed E-state index contributed by atoms with van der Waals surface area (Å²) in [5, 5.41) is 7.08. The van der Waals surface area contributed by atoms with Crippen LogP contribution in [-0.2, 0) is 6.54 Å². The van der Waals surface area contributed by atoms with Crippen LogP contribution in [0.1, 0.15) is 48.8 Å². The Morgan fingerprint density at radius 1 is 1.23 bits per heavy atom. The van der Waals surface area contributed by atoms with Gasteiger partial charge in [-0.3, -0.25) is 9.59 Å². The number of carbonyl (C=O) groups excluding carboxylic acids is 1. The van der Waals surface area contributed by atoms with Crippen LogP contribution in [-0.4, -0.2) is 28.9 Å². The molecule has 1 aliphatic heterocycles. The number of hydrogen-bond donors (Lipinski definition) is 1. The fraction of sp³-hybridized carbons (Fsp3) is 0.421. The Bertz CT molecular complexity index is 847. The first-order valence-electron chi connectivity index (χ1n) is 8.87. The van der Waals surface area contributed by atoms with Gasteiger partial charge in [0.25, 0.3) is 11.5 Å². The third-order valence-electron chi connectivity index (χ3n) is 4.24. The topological polar surface area (TPSA) is 82.5 Å². The van der Waals surface area contributed by atoms with Gasteiger partial charge in [-0.2, -0.15) is 5.10 Å². The lowest BCUT2D eigenvalue weighted by molar-refractivity contribution is 0.0932. The second-order valence-electron chi connectivity index (χ2n) is 6.23. The quantitative estimate of drug-likeness (QED) is 0.858. The van der Waals surface area contributed by atoms with Crippen LogP contribution in [0.3, 0.4) is 0 Å². The zero-order chi connectivity index (χ0) is 18.5. The number of ether oxygens (including phenoxy) is 2. The Morgan fingerprint density at radius 2 is 2.00 bits per heavy atom. The number of amides is 1. The monoisotopic (exact) mass is 357 g/mol. The molecule has 1 amide bonds. The lowest BCUT2D eigenvalue weighted by Crippen LogP contribution is -2.31. The summed E-state index contributed by atoms with van der Waals surface area (Å²) in [6, 6.07) is 8.21. The molecule has 3 rings (SSSR count). The maximum atomic E-state index is 12.5. The number of benzene rings is 1. The van der Waals surface area contributed by atoms with E-state index in [1.807, 2.05) is 32.0 Å². The predicted octanol–water partition coefficient (Wildman–Crippen LogP) is 2.31. The maximum absolute atomic E-state index is 12.5. The standard InChI is InChI=1S/C19H23N3O4/c1-3-4-9-22-18(23)8-6-15(21-22)19(24)20-13(2)14-5-7-16-17(12-14)26-11-10-25-16/h5-8,12-13H,3-4,9-11H2,1-2H3,(H,20,24). The first kappa shape index (κ1) is 18.0. The second-order valence-corrected chi connectivity index (χ2v) is 6.23. The van der Waals surface area contributed by atoms with Gasteiger partial charge in [0, 0.05) is 12.6 Å². The normalized spacial score (nSPS) is 13.9. The van der Waals surface area contributed by atoms with Crippen molar-refractivity contribution in [2.45, 2.75) is 39.3 Å². The van der Waals surface area contributed by atoms with E-state index in [-0.39, 0.29) is 23.2 Å². The summed E-state index contributed by atoms with van der Waals surface area (Å²) in [5.41, 5.74) is 0.932. The minimum absolute atomic E-state index is 0.199. The molecule has 1 aromatic carbocycles. The van der Waals surface area contributed by atoms with Crippen LogP contribution in [0, 0.1) is 0 Å². The van der Waals surface area contributed by atoms with Crippen molar-refractivity contribution in [1.82, 2.24) is 15.1 Å². The molecule has 7 nitrogen and oxygen atoms in total. The first-order chi connectivity index (χ1) is 12.6. The van der Waals surface area contributed by atoms with Crippen LogP contribution < -0.4 is 20.3 Å². The van der Waals surface area contributed by atoms with Gasteiger partial charge in [-0.15, -0.1) is 0 Å². The molecule has 0 saturated heterocycles. The molecule has 2 heterocycles. The summed E-state index contributed by atoms with van der Waals surface area (Å²) in [6.45, 7) is 5.49. The lowest BCUT2D eigenvalue weighted by Gasteiger charge is -2.21. The molecule has 0 spiro atoms. The number of unbranched alkanes of at least 4 members (excludes halogenated alkanes) is 1. The molecule has 2 aromatic rings. The molecule has 1 N–H and O–H groups in total. The molecule has 0 fully saturated rings. The maximum Gasteiger partial charge on any atom is 0.272 e. The highest BCUT2D eigenvalue weighted by Crippen LogP contribution is 2.32. The van der Waals surface area contributed by atoms with E-state index >= 15 is 0 Å². The molecule has 0 aliphatic carbocycles. The Morgan fingerprint density at radius 3 is 2.77 bits per heavy atom. The Hall–Kier alpha value is -2.83. The molecule has 1 aliphatic rings. The third kappa shape index (κ3) is 4.04. The van der Waals surface area contributed by atoms with Crippen molar-refractivity contribution in [3.05, 3.63) is 51.9 Å². The summed E-state index contributed by atoms with van der Waals surface area (Å²) in [7, 11) is 0. The highest BCUT2D eigenvalue weighted by atomic mass is 16.6. The predicted molar refractivity (Wildman–Crippen MR) is 96.7 cm³/mol. The van der Waals surface area contributed by atoms with Gasteiger partial charge in [0.2, 0.25) is 0 Å². The van der Waals surface area contributed by atoms with Crippen molar-refractivity contribution in [3.63, 3.8) is 0 Å². The fourth-order valence-electron chi connectivity index (χ4n) is 2.72. The number of nitrogens with one attached hydrogen (secondary N) is 1. The largest absolute Gasteiger partial charge is 0.486 e. The van der Waals surface area contributed by atoms with Crippen LogP contribution in [0.5, 0.6) is 11.5 Å². The number of aromatic nitrogens is 2. The average molecular weight is 357 g/mol. The van der Waals surface area contributed by atoms with Crippen LogP contribution >= 0.6 is 0 Å². The molecule has 1 aromatic heterocycles. The van der Waals surface area contributed by atoms with E-state index in [1.165, 1.54) is 16.8 Å². The Balaban J connectivity index is 1.72. The molecule has 7 heteroatoms. The van der Waals surface area contributed by atoms with Gasteiger partial charge in [0.15, 0.2) is 11.5 Å². The zero-order valence-corrected chi connectivity index (χ0v) is 15.0. The molecular weight excluding hydrogens is 334 g/mol. The summed E-state index contributed by atoms with van der Waals surface area (Å²) in [5.74, 6) is 1.07. The molecule has 26 heavy (non-hydrogen) atoms.